The lowest BCUT2D eigenvalue weighted by atomic mass is 9.54. The van der Waals surface area contributed by atoms with E-state index in [1.807, 2.05) is 6.92 Å². The fourth-order valence-electron chi connectivity index (χ4n) is 6.57. The minimum absolute atomic E-state index is 0.0596. The van der Waals surface area contributed by atoms with Crippen molar-refractivity contribution < 1.29 is 13.2 Å². The number of amides is 1. The summed E-state index contributed by atoms with van der Waals surface area (Å²) >= 11 is 0. The van der Waals surface area contributed by atoms with Crippen molar-refractivity contribution in [1.29, 1.82) is 0 Å². The maximum absolute atomic E-state index is 13.1. The van der Waals surface area contributed by atoms with Crippen LogP contribution in [0.3, 0.4) is 0 Å². The maximum atomic E-state index is 13.1. The second kappa shape index (κ2) is 7.34. The van der Waals surface area contributed by atoms with Crippen molar-refractivity contribution in [1.82, 2.24) is 14.6 Å². The van der Waals surface area contributed by atoms with Crippen molar-refractivity contribution in [3.05, 3.63) is 24.0 Å². The Labute approximate surface area is 173 Å². The highest BCUT2D eigenvalue weighted by Crippen LogP contribution is 2.53. The molecule has 6 nitrogen and oxygen atoms in total. The number of hydrogen-bond acceptors (Lipinski definition) is 4. The molecule has 1 aromatic rings. The van der Waals surface area contributed by atoms with Crippen LogP contribution in [0.2, 0.25) is 0 Å². The molecule has 1 saturated heterocycles. The predicted molar refractivity (Wildman–Crippen MR) is 109 cm³/mol. The molecule has 158 valence electrons. The molecule has 0 unspecified atom stereocenters. The first-order valence-corrected chi connectivity index (χ1v) is 12.6. The summed E-state index contributed by atoms with van der Waals surface area (Å²) < 4.78 is 27.5. The molecule has 4 aliphatic carbocycles. The second-order valence-electron chi connectivity index (χ2n) is 9.80. The summed E-state index contributed by atoms with van der Waals surface area (Å²) in [6, 6.07) is 3.63. The fourth-order valence-corrected chi connectivity index (χ4v) is 8.04. The van der Waals surface area contributed by atoms with E-state index >= 15 is 0 Å². The van der Waals surface area contributed by atoms with Gasteiger partial charge in [0.05, 0.1) is 5.92 Å². The lowest BCUT2D eigenvalue weighted by molar-refractivity contribution is -0.130. The number of rotatable bonds is 4. The molecule has 1 atom stereocenters. The average Bonchev–Trinajstić information content (AvgIpc) is 2.70. The molecule has 1 amide bonds. The van der Waals surface area contributed by atoms with E-state index in [0.717, 1.165) is 30.4 Å². The van der Waals surface area contributed by atoms with Gasteiger partial charge in [0.15, 0.2) is 0 Å². The topological polar surface area (TPSA) is 79.4 Å². The molecule has 7 heteroatoms. The Hall–Kier alpha value is -1.47. The lowest BCUT2D eigenvalue weighted by Gasteiger charge is -2.54. The molecule has 29 heavy (non-hydrogen) atoms. The summed E-state index contributed by atoms with van der Waals surface area (Å²) in [6.07, 6.45) is 9.37. The Balaban J connectivity index is 1.26. The zero-order valence-corrected chi connectivity index (χ0v) is 17.9. The number of nitrogens with zero attached hydrogens (tertiary/aromatic N) is 2. The standard InChI is InChI=1S/C22H31N3O3S/c1-14-4-5-20(12-23-14)29(27,28)25-6-2-3-17(13-25)22(26)24-21-18-8-15-7-16(10-18)11-19(21)9-15/h4-5,12,15-19,21H,2-3,6-11,13H2,1H3,(H,24,26)/t15?,16?,17-,18?,19?,21?/m0/s1. The molecule has 4 saturated carbocycles. The third-order valence-electron chi connectivity index (χ3n) is 7.81. The molecule has 0 radical (unpaired) electrons. The van der Waals surface area contributed by atoms with Crippen molar-refractivity contribution >= 4 is 15.9 Å². The molecule has 0 aromatic carbocycles. The monoisotopic (exact) mass is 417 g/mol. The van der Waals surface area contributed by atoms with Gasteiger partial charge in [-0.05, 0) is 87.7 Å². The van der Waals surface area contributed by atoms with Gasteiger partial charge in [0, 0.05) is 31.0 Å². The SMILES string of the molecule is Cc1ccc(S(=O)(=O)N2CCC[C@H](C(=O)NC3C4CC5CC(C4)CC3C5)C2)cn1. The largest absolute Gasteiger partial charge is 0.353 e. The van der Waals surface area contributed by atoms with Crippen LogP contribution < -0.4 is 5.32 Å². The van der Waals surface area contributed by atoms with Gasteiger partial charge in [-0.3, -0.25) is 9.78 Å². The first-order chi connectivity index (χ1) is 13.9. The third-order valence-corrected chi connectivity index (χ3v) is 9.66. The van der Waals surface area contributed by atoms with Crippen LogP contribution >= 0.6 is 0 Å². The van der Waals surface area contributed by atoms with E-state index in [9.17, 15) is 13.2 Å². The quantitative estimate of drug-likeness (QED) is 0.817. The molecule has 1 N–H and O–H groups in total. The number of aryl methyl sites for hydroxylation is 1. The molecule has 6 rings (SSSR count). The zero-order valence-electron chi connectivity index (χ0n) is 17.1. The average molecular weight is 418 g/mol. The summed E-state index contributed by atoms with van der Waals surface area (Å²) in [4.78, 5) is 17.4. The van der Waals surface area contributed by atoms with E-state index in [0.29, 0.717) is 24.4 Å². The Morgan fingerprint density at radius 2 is 1.79 bits per heavy atom. The number of carbonyl (C=O) groups is 1. The van der Waals surface area contributed by atoms with Crippen LogP contribution in [0, 0.1) is 36.5 Å². The van der Waals surface area contributed by atoms with Crippen LogP contribution in [0.1, 0.15) is 50.6 Å². The van der Waals surface area contributed by atoms with Crippen molar-refractivity contribution in [3.8, 4) is 0 Å². The lowest BCUT2D eigenvalue weighted by Crippen LogP contribution is -2.57. The second-order valence-corrected chi connectivity index (χ2v) is 11.7. The van der Waals surface area contributed by atoms with Gasteiger partial charge in [0.25, 0.3) is 0 Å². The first kappa shape index (κ1) is 19.5. The van der Waals surface area contributed by atoms with Gasteiger partial charge in [-0.2, -0.15) is 4.31 Å². The number of aromatic nitrogens is 1. The van der Waals surface area contributed by atoms with E-state index < -0.39 is 10.0 Å². The summed E-state index contributed by atoms with van der Waals surface area (Å²) in [5, 5.41) is 3.38. The third kappa shape index (κ3) is 3.61. The van der Waals surface area contributed by atoms with Crippen LogP contribution in [0.5, 0.6) is 0 Å². The minimum atomic E-state index is -3.60. The number of sulfonamides is 1. The molecule has 1 aromatic heterocycles. The van der Waals surface area contributed by atoms with E-state index in [1.54, 1.807) is 12.1 Å². The summed E-state index contributed by atoms with van der Waals surface area (Å²) in [5.74, 6) is 2.83. The van der Waals surface area contributed by atoms with Crippen molar-refractivity contribution in [2.75, 3.05) is 13.1 Å². The van der Waals surface area contributed by atoms with Crippen LogP contribution in [0.15, 0.2) is 23.2 Å². The van der Waals surface area contributed by atoms with E-state index in [4.69, 9.17) is 0 Å². The van der Waals surface area contributed by atoms with Gasteiger partial charge in [0.1, 0.15) is 4.90 Å². The summed E-state index contributed by atoms with van der Waals surface area (Å²) in [7, 11) is -3.60. The molecule has 4 bridgehead atoms. The Kier molecular flexibility index (Phi) is 4.93. The maximum Gasteiger partial charge on any atom is 0.244 e. The number of nitrogens with one attached hydrogen (secondary N) is 1. The normalized spacial score (nSPS) is 36.9. The van der Waals surface area contributed by atoms with Crippen molar-refractivity contribution in [2.45, 2.75) is 62.8 Å². The number of hydrogen-bond donors (Lipinski definition) is 1. The summed E-state index contributed by atoms with van der Waals surface area (Å²) in [5.41, 5.74) is 0.788. The number of carbonyl (C=O) groups excluding carboxylic acids is 1. The van der Waals surface area contributed by atoms with Gasteiger partial charge in [-0.25, -0.2) is 8.42 Å². The van der Waals surface area contributed by atoms with E-state index in [1.165, 1.54) is 42.6 Å². The highest BCUT2D eigenvalue weighted by Gasteiger charge is 2.49. The van der Waals surface area contributed by atoms with Crippen molar-refractivity contribution in [2.24, 2.45) is 29.6 Å². The zero-order chi connectivity index (χ0) is 20.2. The van der Waals surface area contributed by atoms with Crippen LogP contribution in [-0.2, 0) is 14.8 Å². The van der Waals surface area contributed by atoms with Gasteiger partial charge in [-0.1, -0.05) is 0 Å². The van der Waals surface area contributed by atoms with Gasteiger partial charge >= 0.3 is 0 Å². The Morgan fingerprint density at radius 3 is 2.41 bits per heavy atom. The van der Waals surface area contributed by atoms with Gasteiger partial charge < -0.3 is 5.32 Å². The van der Waals surface area contributed by atoms with Crippen molar-refractivity contribution in [3.63, 3.8) is 0 Å². The predicted octanol–water partition coefficient (Wildman–Crippen LogP) is 2.73. The van der Waals surface area contributed by atoms with Crippen LogP contribution in [0.25, 0.3) is 0 Å². The highest BCUT2D eigenvalue weighted by atomic mass is 32.2. The van der Waals surface area contributed by atoms with Gasteiger partial charge in [-0.15, -0.1) is 0 Å². The van der Waals surface area contributed by atoms with Crippen LogP contribution in [0.4, 0.5) is 0 Å². The number of piperidine rings is 1. The molecule has 1 aliphatic heterocycles. The fraction of sp³-hybridized carbons (Fsp3) is 0.727. The molecule has 5 aliphatic rings. The molecular weight excluding hydrogens is 386 g/mol. The summed E-state index contributed by atoms with van der Waals surface area (Å²) in [6.45, 7) is 2.58. The Bertz CT molecular complexity index is 855. The minimum Gasteiger partial charge on any atom is -0.353 e. The molecule has 0 spiro atoms. The van der Waals surface area contributed by atoms with Crippen LogP contribution in [-0.4, -0.2) is 42.7 Å². The first-order valence-electron chi connectivity index (χ1n) is 11.1. The highest BCUT2D eigenvalue weighted by molar-refractivity contribution is 7.89. The van der Waals surface area contributed by atoms with E-state index in [2.05, 4.69) is 10.3 Å². The smallest absolute Gasteiger partial charge is 0.244 e. The number of pyridine rings is 1. The molecule has 5 fully saturated rings. The molecule has 2 heterocycles. The van der Waals surface area contributed by atoms with Gasteiger partial charge in [0.2, 0.25) is 15.9 Å². The van der Waals surface area contributed by atoms with E-state index in [-0.39, 0.29) is 23.3 Å². The molecular formula is C22H31N3O3S. The Morgan fingerprint density at radius 1 is 1.10 bits per heavy atom.